The molecule has 2 aromatic carbocycles. The van der Waals surface area contributed by atoms with Gasteiger partial charge in [-0.2, -0.15) is 0 Å². The summed E-state index contributed by atoms with van der Waals surface area (Å²) in [5.41, 5.74) is 11.2. The molecule has 0 saturated carbocycles. The van der Waals surface area contributed by atoms with Crippen molar-refractivity contribution in [3.8, 4) is 22.6 Å². The molecule has 0 saturated heterocycles. The normalized spacial score (nSPS) is 10.8. The van der Waals surface area contributed by atoms with Crippen LogP contribution in [-0.4, -0.2) is 14.5 Å². The van der Waals surface area contributed by atoms with E-state index in [0.717, 1.165) is 34.8 Å². The monoisotopic (exact) mass is 340 g/mol. The minimum atomic E-state index is 0.569. The van der Waals surface area contributed by atoms with E-state index in [4.69, 9.17) is 5.73 Å². The molecular weight excluding hydrogens is 320 g/mol. The standard InChI is InChI=1S/C22H20N4/c23-15-17-4-6-18(7-5-17)16-26-14-13-25-22(26)20-10-8-19(9-11-20)21-3-1-2-12-24-21/h1-14H,15-16,23H2. The Labute approximate surface area is 153 Å². The van der Waals surface area contributed by atoms with Gasteiger partial charge < -0.3 is 10.3 Å². The Balaban J connectivity index is 1.58. The number of rotatable bonds is 5. The highest BCUT2D eigenvalue weighted by Gasteiger charge is 2.07. The Morgan fingerprint density at radius 3 is 2.15 bits per heavy atom. The maximum Gasteiger partial charge on any atom is 0.140 e. The zero-order valence-electron chi connectivity index (χ0n) is 14.4. The van der Waals surface area contributed by atoms with Crippen LogP contribution >= 0.6 is 0 Å². The molecule has 0 unspecified atom stereocenters. The maximum atomic E-state index is 5.67. The lowest BCUT2D eigenvalue weighted by molar-refractivity contribution is 0.806. The van der Waals surface area contributed by atoms with E-state index in [1.165, 1.54) is 5.56 Å². The van der Waals surface area contributed by atoms with Crippen molar-refractivity contribution in [2.45, 2.75) is 13.1 Å². The molecule has 0 aliphatic heterocycles. The topological polar surface area (TPSA) is 56.7 Å². The van der Waals surface area contributed by atoms with E-state index < -0.39 is 0 Å². The Morgan fingerprint density at radius 2 is 1.46 bits per heavy atom. The summed E-state index contributed by atoms with van der Waals surface area (Å²) >= 11 is 0. The predicted octanol–water partition coefficient (Wildman–Crippen LogP) is 4.12. The lowest BCUT2D eigenvalue weighted by atomic mass is 10.1. The lowest BCUT2D eigenvalue weighted by Gasteiger charge is -2.09. The Kier molecular flexibility index (Phi) is 4.58. The van der Waals surface area contributed by atoms with Crippen LogP contribution in [0.25, 0.3) is 22.6 Å². The molecule has 4 nitrogen and oxygen atoms in total. The molecule has 0 bridgehead atoms. The molecule has 2 heterocycles. The van der Waals surface area contributed by atoms with Crippen molar-refractivity contribution in [1.82, 2.24) is 14.5 Å². The number of imidazole rings is 1. The molecule has 0 atom stereocenters. The van der Waals surface area contributed by atoms with E-state index in [9.17, 15) is 0 Å². The number of aromatic nitrogens is 3. The van der Waals surface area contributed by atoms with Crippen molar-refractivity contribution in [3.63, 3.8) is 0 Å². The molecule has 128 valence electrons. The summed E-state index contributed by atoms with van der Waals surface area (Å²) in [7, 11) is 0. The van der Waals surface area contributed by atoms with Crippen molar-refractivity contribution in [3.05, 3.63) is 96.4 Å². The van der Waals surface area contributed by atoms with Crippen molar-refractivity contribution in [1.29, 1.82) is 0 Å². The van der Waals surface area contributed by atoms with E-state index in [1.54, 1.807) is 0 Å². The van der Waals surface area contributed by atoms with Gasteiger partial charge in [0.25, 0.3) is 0 Å². The van der Waals surface area contributed by atoms with Gasteiger partial charge in [-0.05, 0) is 23.3 Å². The fourth-order valence-electron chi connectivity index (χ4n) is 3.00. The molecule has 4 aromatic rings. The first-order valence-electron chi connectivity index (χ1n) is 8.64. The summed E-state index contributed by atoms with van der Waals surface area (Å²) in [6.45, 7) is 1.35. The molecule has 0 aliphatic carbocycles. The lowest BCUT2D eigenvalue weighted by Crippen LogP contribution is -2.02. The van der Waals surface area contributed by atoms with Crippen molar-refractivity contribution in [2.24, 2.45) is 5.73 Å². The van der Waals surface area contributed by atoms with E-state index in [2.05, 4.69) is 63.1 Å². The Morgan fingerprint density at radius 1 is 0.731 bits per heavy atom. The minimum absolute atomic E-state index is 0.569. The first-order chi connectivity index (χ1) is 12.8. The summed E-state index contributed by atoms with van der Waals surface area (Å²) in [6, 6.07) is 22.7. The molecule has 4 heteroatoms. The number of nitrogens with two attached hydrogens (primary N) is 1. The summed E-state index contributed by atoms with van der Waals surface area (Å²) in [6.07, 6.45) is 5.67. The number of hydrogen-bond donors (Lipinski definition) is 1. The second kappa shape index (κ2) is 7.33. The average molecular weight is 340 g/mol. The highest BCUT2D eigenvalue weighted by atomic mass is 15.1. The van der Waals surface area contributed by atoms with Gasteiger partial charge in [0.1, 0.15) is 5.82 Å². The van der Waals surface area contributed by atoms with E-state index >= 15 is 0 Å². The van der Waals surface area contributed by atoms with Gasteiger partial charge >= 0.3 is 0 Å². The van der Waals surface area contributed by atoms with Gasteiger partial charge in [-0.3, -0.25) is 4.98 Å². The summed E-state index contributed by atoms with van der Waals surface area (Å²) in [5, 5.41) is 0. The molecule has 4 rings (SSSR count). The van der Waals surface area contributed by atoms with Gasteiger partial charge in [-0.1, -0.05) is 54.6 Å². The van der Waals surface area contributed by atoms with Gasteiger partial charge in [-0.25, -0.2) is 4.98 Å². The molecule has 0 aliphatic rings. The predicted molar refractivity (Wildman–Crippen MR) is 104 cm³/mol. The number of benzene rings is 2. The van der Waals surface area contributed by atoms with Crippen molar-refractivity contribution in [2.75, 3.05) is 0 Å². The fraction of sp³-hybridized carbons (Fsp3) is 0.0909. The van der Waals surface area contributed by atoms with Gasteiger partial charge in [-0.15, -0.1) is 0 Å². The van der Waals surface area contributed by atoms with Gasteiger partial charge in [0.05, 0.1) is 5.69 Å². The fourth-order valence-corrected chi connectivity index (χ4v) is 3.00. The molecule has 2 aromatic heterocycles. The van der Waals surface area contributed by atoms with Crippen LogP contribution in [0, 0.1) is 0 Å². The quantitative estimate of drug-likeness (QED) is 0.594. The van der Waals surface area contributed by atoms with E-state index in [0.29, 0.717) is 6.54 Å². The second-order valence-electron chi connectivity index (χ2n) is 6.19. The average Bonchev–Trinajstić information content (AvgIpc) is 3.17. The third-order valence-corrected chi connectivity index (χ3v) is 4.43. The first kappa shape index (κ1) is 16.2. The largest absolute Gasteiger partial charge is 0.327 e. The highest BCUT2D eigenvalue weighted by Crippen LogP contribution is 2.23. The summed E-state index contributed by atoms with van der Waals surface area (Å²) < 4.78 is 2.16. The van der Waals surface area contributed by atoms with E-state index in [-0.39, 0.29) is 0 Å². The number of nitrogens with zero attached hydrogens (tertiary/aromatic N) is 3. The number of hydrogen-bond acceptors (Lipinski definition) is 3. The van der Waals surface area contributed by atoms with E-state index in [1.807, 2.05) is 36.8 Å². The molecule has 2 N–H and O–H groups in total. The van der Waals surface area contributed by atoms with Gasteiger partial charge in [0, 0.05) is 42.8 Å². The smallest absolute Gasteiger partial charge is 0.140 e. The zero-order valence-corrected chi connectivity index (χ0v) is 14.4. The van der Waals surface area contributed by atoms with Crippen molar-refractivity contribution < 1.29 is 0 Å². The Hall–Kier alpha value is -3.24. The van der Waals surface area contributed by atoms with Crippen molar-refractivity contribution >= 4 is 0 Å². The molecule has 0 radical (unpaired) electrons. The third kappa shape index (κ3) is 3.41. The first-order valence-corrected chi connectivity index (χ1v) is 8.64. The second-order valence-corrected chi connectivity index (χ2v) is 6.19. The van der Waals surface area contributed by atoms with Gasteiger partial charge in [0.2, 0.25) is 0 Å². The molecule has 26 heavy (non-hydrogen) atoms. The van der Waals surface area contributed by atoms with Crippen LogP contribution in [0.5, 0.6) is 0 Å². The molecule has 0 spiro atoms. The minimum Gasteiger partial charge on any atom is -0.327 e. The Bertz CT molecular complexity index is 971. The van der Waals surface area contributed by atoms with Crippen LogP contribution in [0.4, 0.5) is 0 Å². The molecule has 0 amide bonds. The highest BCUT2D eigenvalue weighted by molar-refractivity contribution is 5.65. The van der Waals surface area contributed by atoms with Gasteiger partial charge in [0.15, 0.2) is 0 Å². The van der Waals surface area contributed by atoms with Crippen LogP contribution in [0.15, 0.2) is 85.3 Å². The van der Waals surface area contributed by atoms with Crippen LogP contribution in [-0.2, 0) is 13.1 Å². The third-order valence-electron chi connectivity index (χ3n) is 4.43. The maximum absolute atomic E-state index is 5.67. The van der Waals surface area contributed by atoms with Crippen LogP contribution in [0.3, 0.4) is 0 Å². The van der Waals surface area contributed by atoms with Crippen LogP contribution in [0.1, 0.15) is 11.1 Å². The zero-order chi connectivity index (χ0) is 17.8. The summed E-state index contributed by atoms with van der Waals surface area (Å²) in [4.78, 5) is 8.95. The molecule has 0 fully saturated rings. The van der Waals surface area contributed by atoms with Crippen LogP contribution < -0.4 is 5.73 Å². The SMILES string of the molecule is NCc1ccc(Cn2ccnc2-c2ccc(-c3ccccn3)cc2)cc1. The number of pyridine rings is 1. The summed E-state index contributed by atoms with van der Waals surface area (Å²) in [5.74, 6) is 0.959. The van der Waals surface area contributed by atoms with Crippen LogP contribution in [0.2, 0.25) is 0 Å². The molecular formula is C22H20N4.